The molecule has 126 valence electrons. The van der Waals surface area contributed by atoms with E-state index in [1.165, 1.54) is 83.5 Å². The number of rotatable bonds is 8. The maximum atomic E-state index is 3.89. The van der Waals surface area contributed by atoms with Crippen LogP contribution in [0.15, 0.2) is 24.8 Å². The van der Waals surface area contributed by atoms with E-state index in [1.54, 1.807) is 0 Å². The molecule has 0 saturated heterocycles. The molecule has 2 aliphatic carbocycles. The van der Waals surface area contributed by atoms with Crippen molar-refractivity contribution < 1.29 is 0 Å². The lowest BCUT2D eigenvalue weighted by molar-refractivity contribution is 0.250. The lowest BCUT2D eigenvalue weighted by Crippen LogP contribution is -2.15. The minimum absolute atomic E-state index is 0.892. The molecule has 0 heterocycles. The molecule has 0 radical (unpaired) electrons. The van der Waals surface area contributed by atoms with Gasteiger partial charge in [0.1, 0.15) is 0 Å². The van der Waals surface area contributed by atoms with Crippen molar-refractivity contribution in [3.63, 3.8) is 0 Å². The van der Waals surface area contributed by atoms with Gasteiger partial charge in [-0.1, -0.05) is 69.6 Å². The second-order valence-corrected chi connectivity index (χ2v) is 8.01. The predicted molar refractivity (Wildman–Crippen MR) is 99.0 cm³/mol. The molecule has 2 atom stereocenters. The molecular weight excluding hydrogens is 264 g/mol. The van der Waals surface area contributed by atoms with Gasteiger partial charge in [-0.25, -0.2) is 0 Å². The first-order valence-corrected chi connectivity index (χ1v) is 10.1. The molecule has 0 amide bonds. The number of unbranched alkanes of at least 4 members (excludes halogenated alkanes) is 1. The highest BCUT2D eigenvalue weighted by Crippen LogP contribution is 2.35. The molecule has 2 fully saturated rings. The molecule has 0 heteroatoms. The molecule has 0 aromatic heterocycles. The van der Waals surface area contributed by atoms with Crippen LogP contribution in [0.5, 0.6) is 0 Å². The molecule has 2 unspecified atom stereocenters. The number of hydrogen-bond donors (Lipinski definition) is 0. The van der Waals surface area contributed by atoms with Gasteiger partial charge in [0.15, 0.2) is 0 Å². The Morgan fingerprint density at radius 2 is 1.55 bits per heavy atom. The van der Waals surface area contributed by atoms with Gasteiger partial charge in [-0.2, -0.15) is 0 Å². The highest BCUT2D eigenvalue weighted by atomic mass is 14.3. The van der Waals surface area contributed by atoms with Crippen LogP contribution in [-0.2, 0) is 0 Å². The van der Waals surface area contributed by atoms with Gasteiger partial charge in [-0.05, 0) is 62.7 Å². The fraction of sp³-hybridized carbons (Fsp3) is 0.818. The van der Waals surface area contributed by atoms with E-state index in [1.807, 2.05) is 0 Å². The number of hydrogen-bond acceptors (Lipinski definition) is 0. The molecule has 2 rings (SSSR count). The third kappa shape index (κ3) is 6.31. The molecule has 0 bridgehead atoms. The van der Waals surface area contributed by atoms with Crippen molar-refractivity contribution in [3.8, 4) is 0 Å². The van der Waals surface area contributed by atoms with Gasteiger partial charge in [0.05, 0.1) is 0 Å². The minimum Gasteiger partial charge on any atom is -0.103 e. The smallest absolute Gasteiger partial charge is 0.0231 e. The van der Waals surface area contributed by atoms with Crippen LogP contribution in [0.4, 0.5) is 0 Å². The quantitative estimate of drug-likeness (QED) is 0.325. The summed E-state index contributed by atoms with van der Waals surface area (Å²) in [6, 6.07) is 0. The summed E-state index contributed by atoms with van der Waals surface area (Å²) in [4.78, 5) is 0. The fourth-order valence-electron chi connectivity index (χ4n) is 4.90. The highest BCUT2D eigenvalue weighted by Gasteiger charge is 2.21. The van der Waals surface area contributed by atoms with Crippen LogP contribution in [0.25, 0.3) is 0 Å². The molecule has 0 aliphatic heterocycles. The SMILES string of the molecule is C=CC[C@H]1CC[C@H](CCCCC2CCCC(/C=C\C)C2)CC1. The lowest BCUT2D eigenvalue weighted by Gasteiger charge is -2.29. The van der Waals surface area contributed by atoms with E-state index in [9.17, 15) is 0 Å². The molecule has 22 heavy (non-hydrogen) atoms. The average molecular weight is 303 g/mol. The van der Waals surface area contributed by atoms with Crippen molar-refractivity contribution in [1.82, 2.24) is 0 Å². The zero-order valence-electron chi connectivity index (χ0n) is 14.9. The summed E-state index contributed by atoms with van der Waals surface area (Å²) in [5.41, 5.74) is 0. The summed E-state index contributed by atoms with van der Waals surface area (Å²) < 4.78 is 0. The Kier molecular flexibility index (Phi) is 8.34. The maximum absolute atomic E-state index is 3.89. The normalized spacial score (nSPS) is 33.1. The standard InChI is InChI=1S/C22H38/c1-3-8-19-14-16-20(17-15-19)10-5-6-11-22-13-7-12-21(18-22)9-4-2/h3-4,9,19-22H,1,5-8,10-18H2,2H3/b9-4-/t19-,20-,21?,22?. The number of allylic oxidation sites excluding steroid dienone is 3. The monoisotopic (exact) mass is 302 g/mol. The fourth-order valence-corrected chi connectivity index (χ4v) is 4.90. The van der Waals surface area contributed by atoms with E-state index in [0.29, 0.717) is 0 Å². The molecule has 0 nitrogen and oxygen atoms in total. The van der Waals surface area contributed by atoms with Gasteiger partial charge < -0.3 is 0 Å². The van der Waals surface area contributed by atoms with Gasteiger partial charge >= 0.3 is 0 Å². The van der Waals surface area contributed by atoms with Crippen molar-refractivity contribution in [1.29, 1.82) is 0 Å². The second-order valence-electron chi connectivity index (χ2n) is 8.01. The second kappa shape index (κ2) is 10.3. The Balaban J connectivity index is 1.53. The molecule has 0 N–H and O–H groups in total. The highest BCUT2D eigenvalue weighted by molar-refractivity contribution is 4.89. The van der Waals surface area contributed by atoms with E-state index >= 15 is 0 Å². The van der Waals surface area contributed by atoms with E-state index in [-0.39, 0.29) is 0 Å². The first kappa shape index (κ1) is 17.8. The Morgan fingerprint density at radius 1 is 0.864 bits per heavy atom. The minimum atomic E-state index is 0.892. The average Bonchev–Trinajstić information content (AvgIpc) is 2.54. The van der Waals surface area contributed by atoms with Crippen molar-refractivity contribution >= 4 is 0 Å². The lowest BCUT2D eigenvalue weighted by atomic mass is 9.77. The maximum Gasteiger partial charge on any atom is -0.0231 e. The summed E-state index contributed by atoms with van der Waals surface area (Å²) in [6.07, 6.45) is 25.8. The third-order valence-corrected chi connectivity index (χ3v) is 6.23. The van der Waals surface area contributed by atoms with Crippen LogP contribution in [0.2, 0.25) is 0 Å². The van der Waals surface area contributed by atoms with Gasteiger partial charge in [0.2, 0.25) is 0 Å². The Morgan fingerprint density at radius 3 is 2.23 bits per heavy atom. The summed E-state index contributed by atoms with van der Waals surface area (Å²) in [7, 11) is 0. The van der Waals surface area contributed by atoms with Crippen LogP contribution in [0.1, 0.15) is 90.4 Å². The summed E-state index contributed by atoms with van der Waals surface area (Å²) in [5.74, 6) is 3.92. The summed E-state index contributed by atoms with van der Waals surface area (Å²) in [5, 5.41) is 0. The van der Waals surface area contributed by atoms with E-state index < -0.39 is 0 Å². The Bertz CT molecular complexity index is 319. The zero-order chi connectivity index (χ0) is 15.6. The largest absolute Gasteiger partial charge is 0.103 e. The van der Waals surface area contributed by atoms with Crippen molar-refractivity contribution in [2.75, 3.05) is 0 Å². The third-order valence-electron chi connectivity index (χ3n) is 6.23. The van der Waals surface area contributed by atoms with Gasteiger partial charge in [0.25, 0.3) is 0 Å². The van der Waals surface area contributed by atoms with Crippen LogP contribution < -0.4 is 0 Å². The van der Waals surface area contributed by atoms with Crippen molar-refractivity contribution in [2.45, 2.75) is 90.4 Å². The van der Waals surface area contributed by atoms with Crippen molar-refractivity contribution in [2.24, 2.45) is 23.7 Å². The van der Waals surface area contributed by atoms with Gasteiger partial charge in [0, 0.05) is 0 Å². The predicted octanol–water partition coefficient (Wildman–Crippen LogP) is 7.31. The van der Waals surface area contributed by atoms with Crippen LogP contribution >= 0.6 is 0 Å². The molecule has 0 aromatic carbocycles. The molecule has 0 spiro atoms. The molecule has 2 saturated carbocycles. The molecule has 0 aromatic rings. The van der Waals surface area contributed by atoms with E-state index in [0.717, 1.165) is 23.7 Å². The Labute approximate surface area is 139 Å². The first-order chi connectivity index (χ1) is 10.8. The topological polar surface area (TPSA) is 0 Å². The van der Waals surface area contributed by atoms with E-state index in [4.69, 9.17) is 0 Å². The summed E-state index contributed by atoms with van der Waals surface area (Å²) >= 11 is 0. The van der Waals surface area contributed by atoms with E-state index in [2.05, 4.69) is 31.7 Å². The zero-order valence-corrected chi connectivity index (χ0v) is 14.9. The first-order valence-electron chi connectivity index (χ1n) is 10.1. The van der Waals surface area contributed by atoms with Crippen molar-refractivity contribution in [3.05, 3.63) is 24.8 Å². The molecular formula is C22H38. The summed E-state index contributed by atoms with van der Waals surface area (Å²) in [6.45, 7) is 6.07. The van der Waals surface area contributed by atoms with Crippen LogP contribution in [0.3, 0.4) is 0 Å². The molecule has 2 aliphatic rings. The van der Waals surface area contributed by atoms with Crippen LogP contribution in [-0.4, -0.2) is 0 Å². The van der Waals surface area contributed by atoms with Gasteiger partial charge in [-0.15, -0.1) is 6.58 Å². The van der Waals surface area contributed by atoms with Gasteiger partial charge in [-0.3, -0.25) is 0 Å². The van der Waals surface area contributed by atoms with Crippen LogP contribution in [0, 0.1) is 23.7 Å². The Hall–Kier alpha value is -0.520.